The monoisotopic (exact) mass is 199 g/mol. The fraction of sp³-hybridized carbons (Fsp3) is 0.909. The number of carbonyl (C=O) groups excluding carboxylic acids is 1. The molecule has 1 unspecified atom stereocenters. The number of ether oxygens (including phenoxy) is 1. The summed E-state index contributed by atoms with van der Waals surface area (Å²) < 4.78 is 4.91. The standard InChI is InChI=1S/C11H21NO2/c1-8(2)9(12-3)11(6-5-7-11)10(13)14-4/h8-9,12H,5-7H2,1-4H3. The van der Waals surface area contributed by atoms with Gasteiger partial charge in [-0.2, -0.15) is 0 Å². The highest BCUT2D eigenvalue weighted by molar-refractivity contribution is 5.78. The number of rotatable bonds is 4. The van der Waals surface area contributed by atoms with Crippen LogP contribution in [0.3, 0.4) is 0 Å². The van der Waals surface area contributed by atoms with Crippen molar-refractivity contribution in [3.8, 4) is 0 Å². The quantitative estimate of drug-likeness (QED) is 0.698. The highest BCUT2D eigenvalue weighted by Crippen LogP contribution is 2.46. The first-order valence-corrected chi connectivity index (χ1v) is 5.34. The lowest BCUT2D eigenvalue weighted by molar-refractivity contribution is -0.162. The molecule has 1 rings (SSSR count). The maximum Gasteiger partial charge on any atom is 0.313 e. The summed E-state index contributed by atoms with van der Waals surface area (Å²) in [7, 11) is 3.41. The number of hydrogen-bond donors (Lipinski definition) is 1. The van der Waals surface area contributed by atoms with Gasteiger partial charge in [-0.15, -0.1) is 0 Å². The predicted molar refractivity (Wildman–Crippen MR) is 56.0 cm³/mol. The fourth-order valence-electron chi connectivity index (χ4n) is 2.65. The second-order valence-electron chi connectivity index (χ2n) is 4.51. The minimum absolute atomic E-state index is 0.0446. The van der Waals surface area contributed by atoms with Crippen LogP contribution in [0.5, 0.6) is 0 Å². The number of methoxy groups -OCH3 is 1. The van der Waals surface area contributed by atoms with Gasteiger partial charge in [0.2, 0.25) is 0 Å². The molecule has 1 aliphatic rings. The van der Waals surface area contributed by atoms with E-state index in [-0.39, 0.29) is 17.4 Å². The zero-order valence-corrected chi connectivity index (χ0v) is 9.59. The molecule has 0 aromatic heterocycles. The molecule has 3 nitrogen and oxygen atoms in total. The van der Waals surface area contributed by atoms with Gasteiger partial charge in [-0.1, -0.05) is 20.3 Å². The van der Waals surface area contributed by atoms with Crippen molar-refractivity contribution in [3.05, 3.63) is 0 Å². The number of hydrogen-bond acceptors (Lipinski definition) is 3. The van der Waals surface area contributed by atoms with Crippen LogP contribution >= 0.6 is 0 Å². The van der Waals surface area contributed by atoms with Crippen LogP contribution in [-0.4, -0.2) is 26.2 Å². The van der Waals surface area contributed by atoms with Gasteiger partial charge in [0.15, 0.2) is 0 Å². The van der Waals surface area contributed by atoms with E-state index >= 15 is 0 Å². The van der Waals surface area contributed by atoms with Crippen LogP contribution < -0.4 is 5.32 Å². The molecule has 0 saturated heterocycles. The van der Waals surface area contributed by atoms with E-state index in [9.17, 15) is 4.79 Å². The third kappa shape index (κ3) is 1.65. The van der Waals surface area contributed by atoms with Crippen LogP contribution in [0.15, 0.2) is 0 Å². The molecular weight excluding hydrogens is 178 g/mol. The van der Waals surface area contributed by atoms with Gasteiger partial charge in [-0.25, -0.2) is 0 Å². The van der Waals surface area contributed by atoms with E-state index in [4.69, 9.17) is 4.74 Å². The van der Waals surface area contributed by atoms with Crippen LogP contribution in [0, 0.1) is 11.3 Å². The van der Waals surface area contributed by atoms with E-state index in [0.29, 0.717) is 5.92 Å². The Bertz CT molecular complexity index is 209. The van der Waals surface area contributed by atoms with Gasteiger partial charge in [-0.3, -0.25) is 4.79 Å². The first-order chi connectivity index (χ1) is 6.58. The van der Waals surface area contributed by atoms with E-state index in [1.807, 2.05) is 7.05 Å². The zero-order valence-electron chi connectivity index (χ0n) is 9.59. The minimum atomic E-state index is -0.252. The molecule has 0 aromatic carbocycles. The average Bonchev–Trinajstić information content (AvgIpc) is 2.09. The molecule has 0 aromatic rings. The maximum atomic E-state index is 11.8. The summed E-state index contributed by atoms with van der Waals surface area (Å²) in [6.07, 6.45) is 3.06. The lowest BCUT2D eigenvalue weighted by Crippen LogP contribution is -2.56. The summed E-state index contributed by atoms with van der Waals surface area (Å²) >= 11 is 0. The molecule has 1 aliphatic carbocycles. The van der Waals surface area contributed by atoms with E-state index in [2.05, 4.69) is 19.2 Å². The van der Waals surface area contributed by atoms with Crippen molar-refractivity contribution in [2.75, 3.05) is 14.2 Å². The first-order valence-electron chi connectivity index (χ1n) is 5.34. The molecule has 1 fully saturated rings. The molecule has 3 heteroatoms. The van der Waals surface area contributed by atoms with Crippen molar-refractivity contribution in [2.24, 2.45) is 11.3 Å². The molecule has 1 atom stereocenters. The molecule has 0 amide bonds. The predicted octanol–water partition coefficient (Wildman–Crippen LogP) is 1.57. The Morgan fingerprint density at radius 2 is 2.00 bits per heavy atom. The van der Waals surface area contributed by atoms with Crippen molar-refractivity contribution >= 4 is 5.97 Å². The van der Waals surface area contributed by atoms with E-state index < -0.39 is 0 Å². The van der Waals surface area contributed by atoms with Gasteiger partial charge < -0.3 is 10.1 Å². The third-order valence-electron chi connectivity index (χ3n) is 3.41. The van der Waals surface area contributed by atoms with E-state index in [1.165, 1.54) is 7.11 Å². The van der Waals surface area contributed by atoms with Crippen LogP contribution in [0.1, 0.15) is 33.1 Å². The van der Waals surface area contributed by atoms with Gasteiger partial charge in [-0.05, 0) is 25.8 Å². The lowest BCUT2D eigenvalue weighted by Gasteiger charge is -2.46. The van der Waals surface area contributed by atoms with Gasteiger partial charge in [0.25, 0.3) is 0 Å². The summed E-state index contributed by atoms with van der Waals surface area (Å²) in [4.78, 5) is 11.8. The largest absolute Gasteiger partial charge is 0.469 e. The topological polar surface area (TPSA) is 38.3 Å². The average molecular weight is 199 g/mol. The highest BCUT2D eigenvalue weighted by Gasteiger charge is 2.51. The summed E-state index contributed by atoms with van der Waals surface area (Å²) in [6.45, 7) is 4.29. The fourth-order valence-corrected chi connectivity index (χ4v) is 2.65. The molecule has 82 valence electrons. The van der Waals surface area contributed by atoms with Crippen LogP contribution in [0.2, 0.25) is 0 Å². The second kappa shape index (κ2) is 4.30. The molecular formula is C11H21NO2. The Labute approximate surface area is 86.2 Å². The van der Waals surface area contributed by atoms with Gasteiger partial charge in [0.1, 0.15) is 0 Å². The van der Waals surface area contributed by atoms with Crippen molar-refractivity contribution < 1.29 is 9.53 Å². The molecule has 0 bridgehead atoms. The van der Waals surface area contributed by atoms with Gasteiger partial charge in [0.05, 0.1) is 12.5 Å². The molecule has 0 spiro atoms. The Balaban J connectivity index is 2.82. The van der Waals surface area contributed by atoms with Crippen molar-refractivity contribution in [3.63, 3.8) is 0 Å². The SMILES string of the molecule is CNC(C(C)C)C1(C(=O)OC)CCC1. The zero-order chi connectivity index (χ0) is 10.8. The third-order valence-corrected chi connectivity index (χ3v) is 3.41. The summed E-state index contributed by atoms with van der Waals surface area (Å²) in [5.41, 5.74) is -0.252. The first kappa shape index (κ1) is 11.5. The molecule has 0 aliphatic heterocycles. The number of nitrogens with one attached hydrogen (secondary N) is 1. The summed E-state index contributed by atoms with van der Waals surface area (Å²) in [5.74, 6) is 0.413. The normalized spacial score (nSPS) is 21.5. The van der Waals surface area contributed by atoms with Crippen molar-refractivity contribution in [2.45, 2.75) is 39.2 Å². The Hall–Kier alpha value is -0.570. The number of esters is 1. The molecule has 0 radical (unpaired) electrons. The smallest absolute Gasteiger partial charge is 0.313 e. The second-order valence-corrected chi connectivity index (χ2v) is 4.51. The van der Waals surface area contributed by atoms with Gasteiger partial charge >= 0.3 is 5.97 Å². The van der Waals surface area contributed by atoms with Crippen LogP contribution in [0.25, 0.3) is 0 Å². The molecule has 0 heterocycles. The van der Waals surface area contributed by atoms with Crippen molar-refractivity contribution in [1.29, 1.82) is 0 Å². The summed E-state index contributed by atoms with van der Waals surface area (Å²) in [6, 6.07) is 0.240. The van der Waals surface area contributed by atoms with Crippen molar-refractivity contribution in [1.82, 2.24) is 5.32 Å². The van der Waals surface area contributed by atoms with Gasteiger partial charge in [0, 0.05) is 6.04 Å². The highest BCUT2D eigenvalue weighted by atomic mass is 16.5. The molecule has 1 N–H and O–H groups in total. The minimum Gasteiger partial charge on any atom is -0.469 e. The molecule has 14 heavy (non-hydrogen) atoms. The lowest BCUT2D eigenvalue weighted by atomic mass is 9.61. The van der Waals surface area contributed by atoms with Crippen LogP contribution in [-0.2, 0) is 9.53 Å². The Morgan fingerprint density at radius 1 is 1.43 bits per heavy atom. The Morgan fingerprint density at radius 3 is 2.21 bits per heavy atom. The Kier molecular flexibility index (Phi) is 3.53. The maximum absolute atomic E-state index is 11.8. The van der Waals surface area contributed by atoms with E-state index in [1.54, 1.807) is 0 Å². The van der Waals surface area contributed by atoms with E-state index in [0.717, 1.165) is 19.3 Å². The summed E-state index contributed by atoms with van der Waals surface area (Å²) in [5, 5.41) is 3.26. The molecule has 1 saturated carbocycles. The van der Waals surface area contributed by atoms with Crippen LogP contribution in [0.4, 0.5) is 0 Å². The number of carbonyl (C=O) groups is 1.